The fourth-order valence-electron chi connectivity index (χ4n) is 1.62. The van der Waals surface area contributed by atoms with Crippen LogP contribution in [0.25, 0.3) is 11.1 Å². The van der Waals surface area contributed by atoms with E-state index in [1.807, 2.05) is 24.3 Å². The zero-order chi connectivity index (χ0) is 13.9. The zero-order valence-electron chi connectivity index (χ0n) is 10.1. The summed E-state index contributed by atoms with van der Waals surface area (Å²) in [5.41, 5.74) is 7.50. The molecule has 0 aliphatic rings. The van der Waals surface area contributed by atoms with Crippen molar-refractivity contribution in [3.05, 3.63) is 42.1 Å². The van der Waals surface area contributed by atoms with Gasteiger partial charge in [0, 0.05) is 0 Å². The first-order chi connectivity index (χ1) is 9.78. The Morgan fingerprint density at radius 2 is 2.15 bits per heavy atom. The predicted molar refractivity (Wildman–Crippen MR) is 72.7 cm³/mol. The highest BCUT2D eigenvalue weighted by Crippen LogP contribution is 2.30. The number of oxazole rings is 1. The molecule has 0 bridgehead atoms. The van der Waals surface area contributed by atoms with Gasteiger partial charge in [-0.25, -0.2) is 4.98 Å². The number of fused-ring (bicyclic) bond motifs is 1. The molecule has 8 heteroatoms. The van der Waals surface area contributed by atoms with E-state index in [9.17, 15) is 0 Å². The maximum absolute atomic E-state index is 8.76. The number of benzene rings is 1. The van der Waals surface area contributed by atoms with E-state index in [1.54, 1.807) is 6.07 Å². The van der Waals surface area contributed by atoms with Gasteiger partial charge in [-0.2, -0.15) is 5.10 Å². The lowest BCUT2D eigenvalue weighted by atomic mass is 10.3. The van der Waals surface area contributed by atoms with Gasteiger partial charge >= 0.3 is 0 Å². The van der Waals surface area contributed by atoms with Gasteiger partial charge in [0.15, 0.2) is 11.4 Å². The van der Waals surface area contributed by atoms with Crippen molar-refractivity contribution in [2.45, 2.75) is 10.2 Å². The third-order valence-corrected chi connectivity index (χ3v) is 3.37. The van der Waals surface area contributed by atoms with Gasteiger partial charge in [-0.3, -0.25) is 0 Å². The van der Waals surface area contributed by atoms with Gasteiger partial charge in [0.05, 0.1) is 11.8 Å². The average molecular weight is 287 g/mol. The number of nitrogens with zero attached hydrogens (tertiary/aromatic N) is 4. The van der Waals surface area contributed by atoms with Gasteiger partial charge in [-0.1, -0.05) is 17.3 Å². The van der Waals surface area contributed by atoms with Crippen LogP contribution in [-0.4, -0.2) is 26.2 Å². The Balaban J connectivity index is 1.99. The van der Waals surface area contributed by atoms with E-state index in [0.29, 0.717) is 21.4 Å². The predicted octanol–water partition coefficient (Wildman–Crippen LogP) is 1.86. The van der Waals surface area contributed by atoms with E-state index in [1.165, 1.54) is 6.20 Å². The second-order valence-electron chi connectivity index (χ2n) is 3.78. The highest BCUT2D eigenvalue weighted by atomic mass is 32.2. The molecule has 0 saturated carbocycles. The first-order valence-electron chi connectivity index (χ1n) is 5.61. The molecule has 3 rings (SSSR count). The van der Waals surface area contributed by atoms with Gasteiger partial charge in [0.1, 0.15) is 10.5 Å². The molecule has 0 saturated heterocycles. The summed E-state index contributed by atoms with van der Waals surface area (Å²) < 4.78 is 5.58. The Kier molecular flexibility index (Phi) is 3.21. The summed E-state index contributed by atoms with van der Waals surface area (Å²) in [6.45, 7) is 0. The molecule has 0 radical (unpaired) electrons. The van der Waals surface area contributed by atoms with Crippen molar-refractivity contribution < 1.29 is 9.62 Å². The quantitative estimate of drug-likeness (QED) is 0.327. The number of oxime groups is 1. The zero-order valence-corrected chi connectivity index (χ0v) is 10.9. The lowest BCUT2D eigenvalue weighted by Gasteiger charge is -2.02. The summed E-state index contributed by atoms with van der Waals surface area (Å²) in [6.07, 6.45) is 1.46. The SMILES string of the molecule is N/C(=N/O)c1ccnnc1Sc1nc2ccccc2o1. The standard InChI is InChI=1S/C12H9N5O2S/c13-10(17-18)7-5-6-14-16-11(7)20-12-15-8-3-1-2-4-9(8)19-12/h1-6,18H,(H2,13,17). The Bertz CT molecular complexity index is 753. The molecule has 2 heterocycles. The molecule has 2 aromatic heterocycles. The average Bonchev–Trinajstić information content (AvgIpc) is 2.89. The van der Waals surface area contributed by atoms with Gasteiger partial charge in [-0.05, 0) is 30.0 Å². The molecule has 100 valence electrons. The van der Waals surface area contributed by atoms with E-state index in [4.69, 9.17) is 15.4 Å². The number of amidine groups is 1. The van der Waals surface area contributed by atoms with Crippen LogP contribution in [0.1, 0.15) is 5.56 Å². The summed E-state index contributed by atoms with van der Waals surface area (Å²) in [5, 5.41) is 20.3. The first kappa shape index (κ1) is 12.4. The Hall–Kier alpha value is -2.61. The van der Waals surface area contributed by atoms with Gasteiger partial charge in [0.2, 0.25) is 0 Å². The van der Waals surface area contributed by atoms with Crippen LogP contribution >= 0.6 is 11.8 Å². The first-order valence-corrected chi connectivity index (χ1v) is 6.42. The molecule has 0 aliphatic carbocycles. The van der Waals surface area contributed by atoms with Gasteiger partial charge in [-0.15, -0.1) is 5.10 Å². The number of nitrogens with two attached hydrogens (primary N) is 1. The van der Waals surface area contributed by atoms with Crippen LogP contribution in [-0.2, 0) is 0 Å². The summed E-state index contributed by atoms with van der Waals surface area (Å²) in [7, 11) is 0. The van der Waals surface area contributed by atoms with Gasteiger partial charge < -0.3 is 15.4 Å². The maximum atomic E-state index is 8.76. The van der Waals surface area contributed by atoms with Crippen LogP contribution in [0, 0.1) is 0 Å². The molecule has 0 atom stereocenters. The molecular weight excluding hydrogens is 278 g/mol. The molecule has 0 amide bonds. The highest BCUT2D eigenvalue weighted by Gasteiger charge is 2.14. The van der Waals surface area contributed by atoms with E-state index in [2.05, 4.69) is 20.3 Å². The number of rotatable bonds is 3. The molecule has 0 fully saturated rings. The van der Waals surface area contributed by atoms with Gasteiger partial charge in [0.25, 0.3) is 5.22 Å². The van der Waals surface area contributed by atoms with E-state index >= 15 is 0 Å². The van der Waals surface area contributed by atoms with Crippen LogP contribution in [0.5, 0.6) is 0 Å². The van der Waals surface area contributed by atoms with Crippen LogP contribution in [0.15, 0.2) is 56.4 Å². The number of para-hydroxylation sites is 2. The lowest BCUT2D eigenvalue weighted by molar-refractivity contribution is 0.318. The van der Waals surface area contributed by atoms with E-state index in [0.717, 1.165) is 17.3 Å². The molecule has 3 aromatic rings. The van der Waals surface area contributed by atoms with E-state index < -0.39 is 0 Å². The summed E-state index contributed by atoms with van der Waals surface area (Å²) in [5.74, 6) is -0.0430. The maximum Gasteiger partial charge on any atom is 0.263 e. The van der Waals surface area contributed by atoms with Crippen molar-refractivity contribution in [3.63, 3.8) is 0 Å². The van der Waals surface area contributed by atoms with Crippen molar-refractivity contribution in [2.75, 3.05) is 0 Å². The minimum Gasteiger partial charge on any atom is -0.431 e. The summed E-state index contributed by atoms with van der Waals surface area (Å²) >= 11 is 1.16. The van der Waals surface area contributed by atoms with Crippen molar-refractivity contribution in [2.24, 2.45) is 10.9 Å². The van der Waals surface area contributed by atoms with Crippen molar-refractivity contribution in [1.29, 1.82) is 0 Å². The van der Waals surface area contributed by atoms with Crippen molar-refractivity contribution in [1.82, 2.24) is 15.2 Å². The number of hydrogen-bond acceptors (Lipinski definition) is 7. The molecule has 20 heavy (non-hydrogen) atoms. The molecule has 0 spiro atoms. The van der Waals surface area contributed by atoms with Crippen molar-refractivity contribution >= 4 is 28.7 Å². The number of aromatic nitrogens is 3. The Morgan fingerprint density at radius 1 is 1.30 bits per heavy atom. The van der Waals surface area contributed by atoms with Crippen molar-refractivity contribution in [3.8, 4) is 0 Å². The topological polar surface area (TPSA) is 110 Å². The lowest BCUT2D eigenvalue weighted by Crippen LogP contribution is -2.15. The van der Waals surface area contributed by atoms with Crippen LogP contribution < -0.4 is 5.73 Å². The normalized spacial score (nSPS) is 11.9. The molecule has 1 aromatic carbocycles. The molecular formula is C12H9N5O2S. The molecule has 7 nitrogen and oxygen atoms in total. The van der Waals surface area contributed by atoms with Crippen LogP contribution in [0.4, 0.5) is 0 Å². The van der Waals surface area contributed by atoms with E-state index in [-0.39, 0.29) is 5.84 Å². The highest BCUT2D eigenvalue weighted by molar-refractivity contribution is 7.99. The molecule has 0 unspecified atom stereocenters. The van der Waals surface area contributed by atoms with Crippen LogP contribution in [0.3, 0.4) is 0 Å². The Morgan fingerprint density at radius 3 is 2.95 bits per heavy atom. The summed E-state index contributed by atoms with van der Waals surface area (Å²) in [4.78, 5) is 4.32. The Labute approximate surface area is 117 Å². The molecule has 0 aliphatic heterocycles. The summed E-state index contributed by atoms with van der Waals surface area (Å²) in [6, 6.07) is 9.03. The second kappa shape index (κ2) is 5.17. The fraction of sp³-hybridized carbons (Fsp3) is 0. The minimum atomic E-state index is -0.0430. The largest absolute Gasteiger partial charge is 0.431 e. The fourth-order valence-corrected chi connectivity index (χ4v) is 2.43. The third kappa shape index (κ3) is 2.28. The second-order valence-corrected chi connectivity index (χ2v) is 4.72. The van der Waals surface area contributed by atoms with Crippen LogP contribution in [0.2, 0.25) is 0 Å². The minimum absolute atomic E-state index is 0.0430. The third-order valence-electron chi connectivity index (χ3n) is 2.53. The smallest absolute Gasteiger partial charge is 0.263 e. The molecule has 3 N–H and O–H groups in total. The number of hydrogen-bond donors (Lipinski definition) is 2. The monoisotopic (exact) mass is 287 g/mol.